The summed E-state index contributed by atoms with van der Waals surface area (Å²) in [5.41, 5.74) is 23.3. The molecule has 2 aromatic carbocycles. The second-order valence-corrected chi connectivity index (χ2v) is 34.5. The van der Waals surface area contributed by atoms with E-state index in [1.807, 2.05) is 0 Å². The number of carboxylic acids is 2. The Bertz CT molecular complexity index is 5070. The number of carbonyl (C=O) groups is 17. The minimum atomic E-state index is -1.88. The molecule has 48 heteroatoms. The number of aliphatic carboxylic acids is 1. The van der Waals surface area contributed by atoms with Crippen LogP contribution in [0.25, 0.3) is 33.4 Å². The number of H-pyrrole nitrogens is 1. The van der Waals surface area contributed by atoms with E-state index in [2.05, 4.69) is 95.0 Å². The lowest BCUT2D eigenvalue weighted by atomic mass is 9.90. The number of rotatable bonds is 64. The molecule has 3 aromatic rings. The molecule has 5 rings (SSSR count). The highest BCUT2D eigenvalue weighted by Crippen LogP contribution is 2.42. The molecule has 0 saturated carbocycles. The first-order chi connectivity index (χ1) is 65.9. The van der Waals surface area contributed by atoms with Crippen LogP contribution in [-0.4, -0.2) is 266 Å². The number of benzene rings is 3. The van der Waals surface area contributed by atoms with Crippen molar-refractivity contribution in [1.29, 1.82) is 10.8 Å². The molecule has 1 aromatic heterocycles. The number of nitrogens with zero attached hydrogens (tertiary/aromatic N) is 1. The van der Waals surface area contributed by atoms with Crippen LogP contribution in [0.1, 0.15) is 210 Å². The lowest BCUT2D eigenvalue weighted by molar-refractivity contribution is -0.139. The summed E-state index contributed by atoms with van der Waals surface area (Å²) in [4.78, 5) is 249. The number of aliphatic hydroxyl groups is 2. The summed E-state index contributed by atoms with van der Waals surface area (Å²) in [7, 11) is 0. The number of fused-ring (bicyclic) bond motifs is 2. The molecular formula is C91H136N24O24. The summed E-state index contributed by atoms with van der Waals surface area (Å²) in [5, 5.41) is 108. The largest absolute Gasteiger partial charge is 0.508 e. The fourth-order valence-corrected chi connectivity index (χ4v) is 14.7. The van der Waals surface area contributed by atoms with Crippen molar-refractivity contribution >= 4 is 123 Å². The predicted molar refractivity (Wildman–Crippen MR) is 508 cm³/mol. The number of unbranched alkanes of at least 4 members (excludes halogenated alkanes) is 6. The van der Waals surface area contributed by atoms with Crippen molar-refractivity contribution in [2.45, 2.75) is 262 Å². The van der Waals surface area contributed by atoms with Crippen LogP contribution in [0.15, 0.2) is 76.3 Å². The summed E-state index contributed by atoms with van der Waals surface area (Å²) in [6, 6.07) is -3.69. The lowest BCUT2D eigenvalue weighted by Gasteiger charge is -2.30. The van der Waals surface area contributed by atoms with E-state index in [4.69, 9.17) is 38.2 Å². The van der Waals surface area contributed by atoms with E-state index in [0.717, 1.165) is 13.8 Å². The molecule has 15 amide bonds. The van der Waals surface area contributed by atoms with E-state index >= 15 is 0 Å². The number of carbonyl (C=O) groups excluding carboxylic acids is 15. The van der Waals surface area contributed by atoms with Gasteiger partial charge in [-0.2, -0.15) is 0 Å². The summed E-state index contributed by atoms with van der Waals surface area (Å²) >= 11 is 0. The Morgan fingerprint density at radius 3 is 1.54 bits per heavy atom. The third kappa shape index (κ3) is 40.8. The number of imidazole rings is 1. The highest BCUT2D eigenvalue weighted by atomic mass is 16.4. The number of aromatic amines is 1. The van der Waals surface area contributed by atoms with Gasteiger partial charge >= 0.3 is 11.9 Å². The number of carboxylic acid groups (broad SMARTS) is 2. The number of amides is 15. The van der Waals surface area contributed by atoms with Crippen molar-refractivity contribution in [1.82, 2.24) is 95.0 Å². The molecule has 0 radical (unpaired) electrons. The van der Waals surface area contributed by atoms with Gasteiger partial charge < -0.3 is 143 Å². The van der Waals surface area contributed by atoms with Gasteiger partial charge in [0, 0.05) is 106 Å². The Morgan fingerprint density at radius 2 is 0.978 bits per heavy atom. The number of guanidine groups is 2. The van der Waals surface area contributed by atoms with Crippen molar-refractivity contribution in [3.8, 4) is 28.2 Å². The smallest absolute Gasteiger partial charge is 0.336 e. The van der Waals surface area contributed by atoms with Gasteiger partial charge in [0.05, 0.1) is 30.3 Å². The second-order valence-electron chi connectivity index (χ2n) is 34.5. The maximum absolute atomic E-state index is 14.8. The molecule has 0 spiro atoms. The highest BCUT2D eigenvalue weighted by molar-refractivity contribution is 6.09. The SMILES string of the molecule is CC(=O)N[C@@H](C)C(=O)N[C@@H](CCCNC(=N)N)C(=O)N[C@H](C(=O)N[C@@H](CCC(=O)O)C(=O)N[C@H](C(=O)N[C@@H](Cc1c[nH]cn1)C(=O)N[C@@H](CC(C)C)C(=O)N[C@@H](CCCNC(=N)N)C(=O)N[C@@H](CCCCN)C(=O)N[C@@H](CO)C(=O)NCCCCCC(=O)NCCCCCC(=O)N[C@@H](CCCCNC(=O)c1ccc(-c2c3ccc(=O)cc-3oc3cc(O)ccc23)c(C(=O)O)c1)C(N)=O)C(C)C)[C@@H](C)O. The Balaban J connectivity index is 1.12. The fraction of sp³-hybridized carbons (Fsp3) is 0.549. The Hall–Kier alpha value is -14.5. The Morgan fingerprint density at radius 1 is 0.475 bits per heavy atom. The number of hydrogen-bond acceptors (Lipinski definition) is 26. The van der Waals surface area contributed by atoms with Crippen LogP contribution < -0.4 is 113 Å². The van der Waals surface area contributed by atoms with Gasteiger partial charge in [0.2, 0.25) is 82.7 Å². The van der Waals surface area contributed by atoms with Gasteiger partial charge in [0.25, 0.3) is 5.91 Å². The second kappa shape index (κ2) is 59.5. The van der Waals surface area contributed by atoms with Crippen molar-refractivity contribution in [3.63, 3.8) is 0 Å². The van der Waals surface area contributed by atoms with Crippen molar-refractivity contribution < 1.29 is 111 Å². The number of hydrogen-bond donors (Lipinski definition) is 28. The molecule has 0 fully saturated rings. The monoisotopic (exact) mass is 1950 g/mol. The number of aromatic nitrogens is 2. The molecule has 1 aliphatic heterocycles. The van der Waals surface area contributed by atoms with Crippen LogP contribution >= 0.6 is 0 Å². The number of nitrogens with two attached hydrogens (primary N) is 4. The normalized spacial score (nSPS) is 13.8. The minimum Gasteiger partial charge on any atom is -0.508 e. The molecule has 48 nitrogen and oxygen atoms in total. The molecule has 0 saturated heterocycles. The number of phenolic OH excluding ortho intramolecular Hbond substituents is 1. The summed E-state index contributed by atoms with van der Waals surface area (Å²) < 4.78 is 5.89. The average Bonchev–Trinajstić information content (AvgIpc) is 0.958. The van der Waals surface area contributed by atoms with E-state index in [-0.39, 0.29) is 166 Å². The number of primary amides is 1. The summed E-state index contributed by atoms with van der Waals surface area (Å²) in [6.07, 6.45) is 3.63. The van der Waals surface area contributed by atoms with Crippen LogP contribution in [0, 0.1) is 22.7 Å². The molecule has 0 bridgehead atoms. The highest BCUT2D eigenvalue weighted by Gasteiger charge is 2.39. The van der Waals surface area contributed by atoms with Gasteiger partial charge in [-0.1, -0.05) is 46.6 Å². The van der Waals surface area contributed by atoms with Gasteiger partial charge in [-0.3, -0.25) is 92.3 Å². The van der Waals surface area contributed by atoms with Crippen molar-refractivity contribution in [3.05, 3.63) is 94.2 Å². The minimum absolute atomic E-state index is 0.0217. The maximum atomic E-state index is 14.8. The molecule has 12 atom stereocenters. The zero-order valence-corrected chi connectivity index (χ0v) is 79.2. The molecule has 32 N–H and O–H groups in total. The fourth-order valence-electron chi connectivity index (χ4n) is 14.7. The van der Waals surface area contributed by atoms with Crippen LogP contribution in [0.2, 0.25) is 0 Å². The first-order valence-corrected chi connectivity index (χ1v) is 46.3. The van der Waals surface area contributed by atoms with Crippen LogP contribution in [0.4, 0.5) is 0 Å². The number of aliphatic hydroxyl groups excluding tert-OH is 2. The van der Waals surface area contributed by atoms with Gasteiger partial charge in [0.1, 0.15) is 83.6 Å². The third-order valence-electron chi connectivity index (χ3n) is 22.1. The molecule has 764 valence electrons. The van der Waals surface area contributed by atoms with Gasteiger partial charge in [0.15, 0.2) is 17.3 Å². The number of nitrogens with one attached hydrogen (secondary N) is 19. The van der Waals surface area contributed by atoms with E-state index in [1.54, 1.807) is 19.9 Å². The first kappa shape index (κ1) is 115. The zero-order valence-electron chi connectivity index (χ0n) is 79.2. The molecule has 2 heterocycles. The molecule has 2 aliphatic rings. The standard InChI is InChI=1S/C91H136N24O24/c1-48(2)40-66(111-86(134)67(42-54-45-98-47-104-54)112-87(135)75(49(3)4)114-84(132)65(32-33-73(123)124)110-88(136)76(51(6)117)115-83(131)64(23-19-39-103-91(96)97)107-78(126)50(5)105-52(7)118)85(133)109-63(22-18-38-102-90(94)95)81(129)108-62(21-12-14-34-92)82(130)113-68(46-116)80(128)101-36-16-8-10-24-71(121)99-35-15-9-11-25-72(122)106-61(77(93)125)20-13-17-37-100-79(127)53-26-29-57(60(41-53)89(137)138)74-58-30-27-55(119)43-69(58)139-70-44-56(120)28-31-59(70)74/h26-31,41,43-45,47-51,61-68,75-76,116-117,119H,8-25,32-40,42,46,92H2,1-7H3,(H2,93,125)(H,98,104)(H,99,121)(H,100,127)(H,101,128)(H,105,118)(H,106,122)(H,107,126)(H,108,129)(H,109,133)(H,110,136)(H,111,134)(H,112,135)(H,113,130)(H,114,132)(H,115,131)(H,123,124)(H,137,138)(H4,94,95,102)(H4,96,97,103)/t50-,51+,61-,62-,63-,64-,65-,66-,67-,68-,75-,76-/m0/s1. The van der Waals surface area contributed by atoms with Crippen molar-refractivity contribution in [2.75, 3.05) is 45.9 Å². The third-order valence-corrected chi connectivity index (χ3v) is 22.1. The summed E-state index contributed by atoms with van der Waals surface area (Å²) in [6.45, 7) is 10.00. The van der Waals surface area contributed by atoms with Gasteiger partial charge in [-0.05, 0) is 177 Å². The molecule has 139 heavy (non-hydrogen) atoms. The van der Waals surface area contributed by atoms with Gasteiger partial charge in [-0.25, -0.2) is 9.78 Å². The average molecular weight is 1950 g/mol. The topological polar surface area (TPSA) is 794 Å². The maximum Gasteiger partial charge on any atom is 0.336 e. The van der Waals surface area contributed by atoms with Crippen LogP contribution in [-0.2, 0) is 78.3 Å². The van der Waals surface area contributed by atoms with E-state index in [0.29, 0.717) is 80.8 Å². The number of aromatic carboxylic acids is 1. The molecular weight excluding hydrogens is 1810 g/mol. The number of aromatic hydroxyl groups is 1. The Kier molecular flexibility index (Phi) is 49.3. The molecule has 0 unspecified atom stereocenters. The van der Waals surface area contributed by atoms with E-state index in [9.17, 15) is 112 Å². The predicted octanol–water partition coefficient (Wildman–Crippen LogP) is -2.36. The van der Waals surface area contributed by atoms with Gasteiger partial charge in [-0.15, -0.1) is 0 Å². The zero-order chi connectivity index (χ0) is 103. The van der Waals surface area contributed by atoms with Crippen LogP contribution in [0.5, 0.6) is 5.75 Å². The van der Waals surface area contributed by atoms with Crippen LogP contribution in [0.3, 0.4) is 0 Å². The number of phenols is 1. The Labute approximate surface area is 802 Å². The van der Waals surface area contributed by atoms with E-state index < -0.39 is 199 Å². The van der Waals surface area contributed by atoms with E-state index in [1.165, 1.54) is 81.8 Å². The molecule has 1 aliphatic carbocycles. The lowest BCUT2D eigenvalue weighted by Crippen LogP contribution is -2.62. The first-order valence-electron chi connectivity index (χ1n) is 46.3. The van der Waals surface area contributed by atoms with Crippen molar-refractivity contribution in [2.24, 2.45) is 34.8 Å². The quantitative estimate of drug-likeness (QED) is 0.00838. The summed E-state index contributed by atoms with van der Waals surface area (Å²) in [5.74, 6) is -16.9.